The van der Waals surface area contributed by atoms with Gasteiger partial charge in [-0.3, -0.25) is 4.79 Å². The SMILES string of the molecule is CN(C)Cc1cc(C[C@@H]2CC[C@H](O)[C@@H](CNC(=O)C3CCC3)O2)no1. The predicted molar refractivity (Wildman–Crippen MR) is 91.9 cm³/mol. The topological polar surface area (TPSA) is 87.8 Å². The number of hydrogen-bond acceptors (Lipinski definition) is 6. The van der Waals surface area contributed by atoms with Gasteiger partial charge >= 0.3 is 0 Å². The second-order valence-electron chi connectivity index (χ2n) is 7.54. The molecule has 0 spiro atoms. The Morgan fingerprint density at radius 1 is 1.36 bits per heavy atom. The molecule has 7 heteroatoms. The molecule has 1 amide bonds. The third-order valence-electron chi connectivity index (χ3n) is 5.05. The lowest BCUT2D eigenvalue weighted by Crippen LogP contribution is -2.48. The van der Waals surface area contributed by atoms with E-state index in [4.69, 9.17) is 9.26 Å². The minimum Gasteiger partial charge on any atom is -0.390 e. The first-order valence-corrected chi connectivity index (χ1v) is 9.21. The summed E-state index contributed by atoms with van der Waals surface area (Å²) in [5.74, 6) is 1.08. The Hall–Kier alpha value is -1.44. The maximum absolute atomic E-state index is 12.0. The van der Waals surface area contributed by atoms with Crippen LogP contribution in [0.5, 0.6) is 0 Å². The minimum absolute atomic E-state index is 0.00805. The molecule has 1 aliphatic heterocycles. The fourth-order valence-electron chi connectivity index (χ4n) is 3.37. The van der Waals surface area contributed by atoms with E-state index in [1.54, 1.807) is 0 Å². The molecule has 1 saturated carbocycles. The average molecular weight is 351 g/mol. The van der Waals surface area contributed by atoms with Crippen LogP contribution >= 0.6 is 0 Å². The molecule has 2 heterocycles. The van der Waals surface area contributed by atoms with Gasteiger partial charge in [-0.05, 0) is 39.8 Å². The molecule has 140 valence electrons. The van der Waals surface area contributed by atoms with Crippen LogP contribution in [-0.4, -0.2) is 60.0 Å². The zero-order valence-electron chi connectivity index (χ0n) is 15.1. The van der Waals surface area contributed by atoms with Crippen molar-refractivity contribution < 1.29 is 19.2 Å². The van der Waals surface area contributed by atoms with Crippen molar-refractivity contribution in [2.45, 2.75) is 63.4 Å². The summed E-state index contributed by atoms with van der Waals surface area (Å²) < 4.78 is 11.4. The Morgan fingerprint density at radius 2 is 2.16 bits per heavy atom. The van der Waals surface area contributed by atoms with Crippen LogP contribution in [0.1, 0.15) is 43.6 Å². The van der Waals surface area contributed by atoms with Crippen molar-refractivity contribution in [2.24, 2.45) is 5.92 Å². The summed E-state index contributed by atoms with van der Waals surface area (Å²) >= 11 is 0. The van der Waals surface area contributed by atoms with Gasteiger partial charge in [-0.15, -0.1) is 0 Å². The molecular weight excluding hydrogens is 322 g/mol. The molecule has 1 aromatic rings. The van der Waals surface area contributed by atoms with E-state index in [9.17, 15) is 9.90 Å². The highest BCUT2D eigenvalue weighted by Crippen LogP contribution is 2.27. The fraction of sp³-hybridized carbons (Fsp3) is 0.778. The largest absolute Gasteiger partial charge is 0.390 e. The number of rotatable bonds is 7. The van der Waals surface area contributed by atoms with Crippen LogP contribution in [0, 0.1) is 5.92 Å². The summed E-state index contributed by atoms with van der Waals surface area (Å²) in [6, 6.07) is 1.96. The lowest BCUT2D eigenvalue weighted by Gasteiger charge is -2.34. The normalized spacial score (nSPS) is 27.3. The van der Waals surface area contributed by atoms with Crippen molar-refractivity contribution in [2.75, 3.05) is 20.6 Å². The molecule has 1 aliphatic carbocycles. The lowest BCUT2D eigenvalue weighted by atomic mass is 9.85. The van der Waals surface area contributed by atoms with E-state index in [2.05, 4.69) is 10.5 Å². The monoisotopic (exact) mass is 351 g/mol. The first-order chi connectivity index (χ1) is 12.0. The molecule has 3 rings (SSSR count). The van der Waals surface area contributed by atoms with Crippen LogP contribution in [0.4, 0.5) is 0 Å². The zero-order chi connectivity index (χ0) is 17.8. The van der Waals surface area contributed by atoms with Gasteiger partial charge in [0.05, 0.1) is 24.4 Å². The van der Waals surface area contributed by atoms with E-state index < -0.39 is 6.10 Å². The second kappa shape index (κ2) is 8.29. The van der Waals surface area contributed by atoms with E-state index in [-0.39, 0.29) is 24.0 Å². The Morgan fingerprint density at radius 3 is 2.84 bits per heavy atom. The number of hydrogen-bond donors (Lipinski definition) is 2. The number of carbonyl (C=O) groups excluding carboxylic acids is 1. The number of nitrogens with one attached hydrogen (secondary N) is 1. The first-order valence-electron chi connectivity index (χ1n) is 9.21. The molecule has 0 unspecified atom stereocenters. The summed E-state index contributed by atoms with van der Waals surface area (Å²) in [4.78, 5) is 14.0. The molecule has 1 aromatic heterocycles. The van der Waals surface area contributed by atoms with E-state index in [1.165, 1.54) is 0 Å². The number of aliphatic hydroxyl groups is 1. The molecule has 2 aliphatic rings. The predicted octanol–water partition coefficient (Wildman–Crippen LogP) is 1.10. The molecular formula is C18H29N3O4. The van der Waals surface area contributed by atoms with Crippen molar-refractivity contribution >= 4 is 5.91 Å². The molecule has 1 saturated heterocycles. The van der Waals surface area contributed by atoms with Gasteiger partial charge < -0.3 is 24.6 Å². The quantitative estimate of drug-likeness (QED) is 0.765. The highest BCUT2D eigenvalue weighted by Gasteiger charge is 2.32. The number of nitrogens with zero attached hydrogens (tertiary/aromatic N) is 2. The van der Waals surface area contributed by atoms with Crippen molar-refractivity contribution in [3.63, 3.8) is 0 Å². The summed E-state index contributed by atoms with van der Waals surface area (Å²) in [5.41, 5.74) is 0.871. The molecule has 0 aromatic carbocycles. The number of ether oxygens (including phenoxy) is 1. The third-order valence-corrected chi connectivity index (χ3v) is 5.05. The third kappa shape index (κ3) is 5.03. The van der Waals surface area contributed by atoms with Crippen LogP contribution in [0.15, 0.2) is 10.6 Å². The maximum Gasteiger partial charge on any atom is 0.223 e. The lowest BCUT2D eigenvalue weighted by molar-refractivity contribution is -0.133. The number of aliphatic hydroxyl groups excluding tert-OH is 1. The van der Waals surface area contributed by atoms with Crippen LogP contribution in [0.25, 0.3) is 0 Å². The molecule has 25 heavy (non-hydrogen) atoms. The van der Waals surface area contributed by atoms with Crippen LogP contribution in [0.3, 0.4) is 0 Å². The van der Waals surface area contributed by atoms with E-state index >= 15 is 0 Å². The van der Waals surface area contributed by atoms with E-state index in [0.717, 1.165) is 37.1 Å². The van der Waals surface area contributed by atoms with E-state index in [0.29, 0.717) is 25.9 Å². The second-order valence-corrected chi connectivity index (χ2v) is 7.54. The van der Waals surface area contributed by atoms with Gasteiger partial charge in [0.2, 0.25) is 5.91 Å². The van der Waals surface area contributed by atoms with Crippen molar-refractivity contribution in [1.82, 2.24) is 15.4 Å². The van der Waals surface area contributed by atoms with Gasteiger partial charge in [0, 0.05) is 24.9 Å². The van der Waals surface area contributed by atoms with E-state index in [1.807, 2.05) is 25.1 Å². The van der Waals surface area contributed by atoms with Crippen LogP contribution in [-0.2, 0) is 22.5 Å². The summed E-state index contributed by atoms with van der Waals surface area (Å²) in [7, 11) is 3.96. The maximum atomic E-state index is 12.0. The number of carbonyl (C=O) groups is 1. The zero-order valence-corrected chi connectivity index (χ0v) is 15.1. The number of amides is 1. The molecule has 7 nitrogen and oxygen atoms in total. The van der Waals surface area contributed by atoms with Gasteiger partial charge in [-0.25, -0.2) is 0 Å². The van der Waals surface area contributed by atoms with Crippen LogP contribution < -0.4 is 5.32 Å². The van der Waals surface area contributed by atoms with Gasteiger partial charge in [0.25, 0.3) is 0 Å². The summed E-state index contributed by atoms with van der Waals surface area (Å²) in [6.45, 7) is 1.09. The number of aromatic nitrogens is 1. The molecule has 2 fully saturated rings. The first kappa shape index (κ1) is 18.4. The standard InChI is InChI=1S/C18H29N3O4/c1-21(2)11-15-9-13(20-25-15)8-14-6-7-16(22)17(24-14)10-19-18(23)12-4-3-5-12/h9,12,14,16-17,22H,3-8,10-11H2,1-2H3,(H,19,23)/t14-,16-,17+/m0/s1. The summed E-state index contributed by atoms with van der Waals surface area (Å²) in [5, 5.41) is 17.2. The molecule has 0 bridgehead atoms. The molecule has 2 N–H and O–H groups in total. The van der Waals surface area contributed by atoms with Gasteiger partial charge in [-0.1, -0.05) is 11.6 Å². The van der Waals surface area contributed by atoms with Gasteiger partial charge in [-0.2, -0.15) is 0 Å². The Labute approximate surface area is 148 Å². The molecule has 3 atom stereocenters. The van der Waals surface area contributed by atoms with Crippen molar-refractivity contribution in [3.8, 4) is 0 Å². The Bertz CT molecular complexity index is 570. The smallest absolute Gasteiger partial charge is 0.223 e. The Balaban J connectivity index is 1.47. The minimum atomic E-state index is -0.528. The van der Waals surface area contributed by atoms with Crippen LogP contribution in [0.2, 0.25) is 0 Å². The summed E-state index contributed by atoms with van der Waals surface area (Å²) in [6.07, 6.45) is 4.32. The van der Waals surface area contributed by atoms with Gasteiger partial charge in [0.1, 0.15) is 6.10 Å². The Kier molecular flexibility index (Phi) is 6.09. The van der Waals surface area contributed by atoms with Gasteiger partial charge in [0.15, 0.2) is 5.76 Å². The average Bonchev–Trinajstić information content (AvgIpc) is 2.92. The highest BCUT2D eigenvalue weighted by molar-refractivity contribution is 5.79. The van der Waals surface area contributed by atoms with Crippen molar-refractivity contribution in [3.05, 3.63) is 17.5 Å². The van der Waals surface area contributed by atoms with Crippen molar-refractivity contribution in [1.29, 1.82) is 0 Å². The molecule has 0 radical (unpaired) electrons. The highest BCUT2D eigenvalue weighted by atomic mass is 16.5. The fourth-order valence-corrected chi connectivity index (χ4v) is 3.37.